The smallest absolute Gasteiger partial charge is 0.164 e. The van der Waals surface area contributed by atoms with Crippen LogP contribution in [-0.4, -0.2) is 19.9 Å². The highest BCUT2D eigenvalue weighted by Gasteiger charge is 2.77. The molecule has 0 saturated heterocycles. The monoisotopic (exact) mass is 644 g/mol. The first-order valence-corrected chi connectivity index (χ1v) is 18.1. The average molecular weight is 645 g/mol. The van der Waals surface area contributed by atoms with Crippen molar-refractivity contribution in [2.45, 2.75) is 37.5 Å². The minimum atomic E-state index is 0.398. The molecule has 4 fully saturated rings. The Hall–Kier alpha value is -5.48. The Bertz CT molecular complexity index is 2360. The predicted octanol–water partition coefficient (Wildman–Crippen LogP) is 10.8. The van der Waals surface area contributed by atoms with Crippen LogP contribution in [0.3, 0.4) is 0 Å². The lowest BCUT2D eigenvalue weighted by Crippen LogP contribution is -2.59. The molecule has 5 aromatic carbocycles. The van der Waals surface area contributed by atoms with E-state index in [4.69, 9.17) is 19.9 Å². The number of hydrogen-bond acceptors (Lipinski definition) is 4. The molecule has 2 atom stereocenters. The molecule has 0 radical (unpaired) electrons. The molecule has 240 valence electrons. The second-order valence-corrected chi connectivity index (χ2v) is 15.4. The molecule has 2 aromatic heterocycles. The first kappa shape index (κ1) is 28.4. The van der Waals surface area contributed by atoms with Crippen molar-refractivity contribution in [3.8, 4) is 56.4 Å². The van der Waals surface area contributed by atoms with Gasteiger partial charge in [0.15, 0.2) is 17.5 Å². The highest BCUT2D eigenvalue weighted by atomic mass is 15.0. The van der Waals surface area contributed by atoms with Gasteiger partial charge in [-0.3, -0.25) is 4.98 Å². The second-order valence-electron chi connectivity index (χ2n) is 15.4. The number of rotatable bonds is 6. The van der Waals surface area contributed by atoms with Crippen LogP contribution in [0.25, 0.3) is 67.3 Å². The number of pyridine rings is 1. The first-order valence-electron chi connectivity index (χ1n) is 18.1. The largest absolute Gasteiger partial charge is 0.256 e. The molecule has 0 aliphatic heterocycles. The molecule has 2 bridgehead atoms. The molecular weight excluding hydrogens is 609 g/mol. The van der Waals surface area contributed by atoms with E-state index in [1.165, 1.54) is 37.7 Å². The number of nitrogens with zero attached hydrogens (tertiary/aromatic N) is 4. The summed E-state index contributed by atoms with van der Waals surface area (Å²) in [5.74, 6) is 4.98. The van der Waals surface area contributed by atoms with Crippen molar-refractivity contribution < 1.29 is 0 Å². The zero-order chi connectivity index (χ0) is 32.9. The molecule has 4 aliphatic rings. The third kappa shape index (κ3) is 4.17. The van der Waals surface area contributed by atoms with Gasteiger partial charge in [-0.05, 0) is 113 Å². The standard InChI is InChI=1S/C46H36N4/c1-3-9-30(10-4-1)42-48-43(31-11-5-2-6-12-31)50-44(49-42)35-21-33(20-34(22-35)36-19-32-13-7-8-14-41(32)47-27-36)29-15-17-37(18-16-29)45-25-39-23-38-24-40(26-45)46(38,39)28-45/h1-22,27,38-40H,23-26,28H2. The summed E-state index contributed by atoms with van der Waals surface area (Å²) in [6.45, 7) is 0. The topological polar surface area (TPSA) is 51.6 Å². The third-order valence-corrected chi connectivity index (χ3v) is 13.0. The summed E-state index contributed by atoms with van der Waals surface area (Å²) in [6, 6.07) is 47.3. The van der Waals surface area contributed by atoms with E-state index in [1.807, 2.05) is 48.7 Å². The van der Waals surface area contributed by atoms with Crippen LogP contribution in [0.15, 0.2) is 140 Å². The summed E-state index contributed by atoms with van der Waals surface area (Å²) in [4.78, 5) is 20.0. The summed E-state index contributed by atoms with van der Waals surface area (Å²) in [7, 11) is 0. The van der Waals surface area contributed by atoms with Crippen LogP contribution >= 0.6 is 0 Å². The van der Waals surface area contributed by atoms with E-state index in [0.717, 1.165) is 67.5 Å². The molecule has 50 heavy (non-hydrogen) atoms. The molecule has 4 saturated carbocycles. The van der Waals surface area contributed by atoms with Crippen molar-refractivity contribution in [2.24, 2.45) is 23.2 Å². The number of benzene rings is 5. The molecule has 4 heteroatoms. The van der Waals surface area contributed by atoms with Crippen molar-refractivity contribution in [2.75, 3.05) is 0 Å². The fraction of sp³-hybridized carbons (Fsp3) is 0.217. The van der Waals surface area contributed by atoms with E-state index in [0.29, 0.717) is 22.9 Å². The van der Waals surface area contributed by atoms with Gasteiger partial charge in [-0.1, -0.05) is 103 Å². The fourth-order valence-corrected chi connectivity index (χ4v) is 10.7. The molecule has 11 rings (SSSR count). The summed E-state index contributed by atoms with van der Waals surface area (Å²) >= 11 is 0. The van der Waals surface area contributed by atoms with Gasteiger partial charge in [0.2, 0.25) is 0 Å². The summed E-state index contributed by atoms with van der Waals surface area (Å²) in [5.41, 5.74) is 11.1. The van der Waals surface area contributed by atoms with Gasteiger partial charge in [-0.25, -0.2) is 15.0 Å². The maximum atomic E-state index is 5.10. The minimum Gasteiger partial charge on any atom is -0.256 e. The van der Waals surface area contributed by atoms with E-state index in [9.17, 15) is 0 Å². The molecule has 0 N–H and O–H groups in total. The number of hydrogen-bond donors (Lipinski definition) is 0. The molecule has 0 amide bonds. The van der Waals surface area contributed by atoms with Crippen LogP contribution < -0.4 is 0 Å². The Kier molecular flexibility index (Phi) is 5.96. The van der Waals surface area contributed by atoms with Crippen molar-refractivity contribution in [1.29, 1.82) is 0 Å². The lowest BCUT2D eigenvalue weighted by molar-refractivity contribution is -0.175. The van der Waals surface area contributed by atoms with Crippen LogP contribution in [-0.2, 0) is 5.41 Å². The molecule has 2 heterocycles. The number of para-hydroxylation sites is 1. The van der Waals surface area contributed by atoms with Gasteiger partial charge in [0, 0.05) is 33.8 Å². The zero-order valence-electron chi connectivity index (χ0n) is 27.8. The van der Waals surface area contributed by atoms with E-state index < -0.39 is 0 Å². The molecule has 2 unspecified atom stereocenters. The summed E-state index contributed by atoms with van der Waals surface area (Å²) in [5, 5.41) is 1.12. The van der Waals surface area contributed by atoms with Crippen LogP contribution in [0.5, 0.6) is 0 Å². The van der Waals surface area contributed by atoms with Crippen molar-refractivity contribution in [1.82, 2.24) is 19.9 Å². The Balaban J connectivity index is 1.05. The van der Waals surface area contributed by atoms with Crippen molar-refractivity contribution >= 4 is 10.9 Å². The second kappa shape index (κ2) is 10.5. The van der Waals surface area contributed by atoms with Crippen LogP contribution in [0.1, 0.15) is 37.7 Å². The average Bonchev–Trinajstić information content (AvgIpc) is 3.68. The lowest BCUT2D eigenvalue weighted by atomic mass is 9.38. The van der Waals surface area contributed by atoms with Crippen LogP contribution in [0.4, 0.5) is 0 Å². The van der Waals surface area contributed by atoms with Gasteiger partial charge in [-0.2, -0.15) is 0 Å². The maximum absolute atomic E-state index is 5.10. The van der Waals surface area contributed by atoms with E-state index in [2.05, 4.69) is 91.0 Å². The van der Waals surface area contributed by atoms with Crippen LogP contribution in [0, 0.1) is 23.2 Å². The molecular formula is C46H36N4. The first-order chi connectivity index (χ1) is 24.6. The highest BCUT2D eigenvalue weighted by Crippen LogP contribution is 2.84. The van der Waals surface area contributed by atoms with Gasteiger partial charge in [0.05, 0.1) is 5.52 Å². The zero-order valence-corrected chi connectivity index (χ0v) is 27.8. The molecule has 4 aliphatic carbocycles. The lowest BCUT2D eigenvalue weighted by Gasteiger charge is -2.66. The molecule has 4 nitrogen and oxygen atoms in total. The highest BCUT2D eigenvalue weighted by molar-refractivity contribution is 5.86. The maximum Gasteiger partial charge on any atom is 0.164 e. The van der Waals surface area contributed by atoms with E-state index in [1.54, 1.807) is 5.56 Å². The number of fused-ring (bicyclic) bond motifs is 2. The van der Waals surface area contributed by atoms with Crippen LogP contribution in [0.2, 0.25) is 0 Å². The Morgan fingerprint density at radius 1 is 0.460 bits per heavy atom. The SMILES string of the molecule is c1ccc(-c2nc(-c3ccccc3)nc(-c3cc(-c4ccc(C56CC7CC8CC(C5)C87C6)cc4)cc(-c4cnc5ccccc5c4)c3)n2)cc1. The summed E-state index contributed by atoms with van der Waals surface area (Å²) < 4.78 is 0. The van der Waals surface area contributed by atoms with Crippen molar-refractivity contribution in [3.63, 3.8) is 0 Å². The van der Waals surface area contributed by atoms with E-state index in [-0.39, 0.29) is 0 Å². The Labute approximate surface area is 292 Å². The normalized spacial score (nSPS) is 25.6. The van der Waals surface area contributed by atoms with Crippen molar-refractivity contribution in [3.05, 3.63) is 145 Å². The minimum absolute atomic E-state index is 0.398. The van der Waals surface area contributed by atoms with Gasteiger partial charge in [0.1, 0.15) is 0 Å². The third-order valence-electron chi connectivity index (χ3n) is 13.0. The van der Waals surface area contributed by atoms with Gasteiger partial charge >= 0.3 is 0 Å². The summed E-state index contributed by atoms with van der Waals surface area (Å²) in [6.07, 6.45) is 9.21. The van der Waals surface area contributed by atoms with Gasteiger partial charge in [-0.15, -0.1) is 0 Å². The molecule has 7 aromatic rings. The Morgan fingerprint density at radius 3 is 1.64 bits per heavy atom. The van der Waals surface area contributed by atoms with Gasteiger partial charge in [0.25, 0.3) is 0 Å². The Morgan fingerprint density at radius 2 is 1.02 bits per heavy atom. The molecule has 1 spiro atoms. The van der Waals surface area contributed by atoms with E-state index >= 15 is 0 Å². The fourth-order valence-electron chi connectivity index (χ4n) is 10.7. The quantitative estimate of drug-likeness (QED) is 0.181. The predicted molar refractivity (Wildman–Crippen MR) is 200 cm³/mol. The number of aromatic nitrogens is 4. The van der Waals surface area contributed by atoms with Gasteiger partial charge < -0.3 is 0 Å².